The second-order valence-electron chi connectivity index (χ2n) is 4.42. The highest BCUT2D eigenvalue weighted by Gasteiger charge is 2.26. The van der Waals surface area contributed by atoms with Crippen LogP contribution in [0.25, 0.3) is 11.3 Å². The average molecular weight is 329 g/mol. The average Bonchev–Trinajstić information content (AvgIpc) is 2.65. The Morgan fingerprint density at radius 2 is 2.09 bits per heavy atom. The Bertz CT molecular complexity index is 827. The van der Waals surface area contributed by atoms with Gasteiger partial charge in [0.2, 0.25) is 21.5 Å². The zero-order valence-corrected chi connectivity index (χ0v) is 12.4. The van der Waals surface area contributed by atoms with Crippen molar-refractivity contribution < 1.29 is 31.9 Å². The zero-order valence-electron chi connectivity index (χ0n) is 11.6. The molecule has 2 aromatic rings. The zero-order chi connectivity index (χ0) is 16.5. The largest absolute Gasteiger partial charge is 0.502 e. The van der Waals surface area contributed by atoms with Crippen molar-refractivity contribution in [3.63, 3.8) is 0 Å². The number of benzene rings is 1. The van der Waals surface area contributed by atoms with E-state index >= 15 is 0 Å². The highest BCUT2D eigenvalue weighted by molar-refractivity contribution is 7.92. The van der Waals surface area contributed by atoms with Gasteiger partial charge in [-0.15, -0.1) is 0 Å². The smallest absolute Gasteiger partial charge is 0.308 e. The number of halogens is 1. The molecule has 9 heteroatoms. The quantitative estimate of drug-likeness (QED) is 0.832. The summed E-state index contributed by atoms with van der Waals surface area (Å²) in [6.07, 6.45) is 0.853. The van der Waals surface area contributed by atoms with Gasteiger partial charge < -0.3 is 14.3 Å². The van der Waals surface area contributed by atoms with E-state index in [2.05, 4.69) is 0 Å². The monoisotopic (exact) mass is 329 g/mol. The Balaban J connectivity index is 2.59. The molecule has 0 aliphatic rings. The number of aromatic hydroxyl groups is 1. The summed E-state index contributed by atoms with van der Waals surface area (Å²) >= 11 is 0. The van der Waals surface area contributed by atoms with Crippen LogP contribution in [0.4, 0.5) is 10.3 Å². The van der Waals surface area contributed by atoms with Crippen LogP contribution in [0.15, 0.2) is 28.7 Å². The van der Waals surface area contributed by atoms with Crippen molar-refractivity contribution in [3.05, 3.63) is 30.1 Å². The standard InChI is InChI=1S/C13H12FNO6S/c1-7(16)20-12-10(17)11(8-4-3-5-9(14)6-8)21-13(12)15-22(2,18)19/h3-6,15,17H,1-2H3. The molecular formula is C13H12FNO6S. The predicted molar refractivity (Wildman–Crippen MR) is 75.5 cm³/mol. The van der Waals surface area contributed by atoms with E-state index in [4.69, 9.17) is 9.15 Å². The predicted octanol–water partition coefficient (Wildman–Crippen LogP) is 2.09. The second kappa shape index (κ2) is 5.68. The number of hydrogen-bond acceptors (Lipinski definition) is 6. The number of nitrogens with one attached hydrogen (secondary N) is 1. The molecule has 0 unspecified atom stereocenters. The van der Waals surface area contributed by atoms with Gasteiger partial charge in [0.05, 0.1) is 6.26 Å². The lowest BCUT2D eigenvalue weighted by molar-refractivity contribution is -0.131. The number of hydrogen-bond donors (Lipinski definition) is 2. The Labute approximate surface area is 125 Å². The number of carbonyl (C=O) groups excluding carboxylic acids is 1. The molecule has 0 atom stereocenters. The first-order chi connectivity index (χ1) is 10.2. The summed E-state index contributed by atoms with van der Waals surface area (Å²) in [7, 11) is -3.75. The highest BCUT2D eigenvalue weighted by Crippen LogP contribution is 2.46. The van der Waals surface area contributed by atoms with Crippen LogP contribution in [0.5, 0.6) is 11.5 Å². The molecule has 0 radical (unpaired) electrons. The molecule has 0 fully saturated rings. The van der Waals surface area contributed by atoms with Crippen molar-refractivity contribution in [2.75, 3.05) is 11.0 Å². The first-order valence-electron chi connectivity index (χ1n) is 5.95. The molecule has 1 aromatic heterocycles. The van der Waals surface area contributed by atoms with E-state index in [1.54, 1.807) is 0 Å². The summed E-state index contributed by atoms with van der Waals surface area (Å²) in [5.74, 6) is -3.20. The number of carbonyl (C=O) groups is 1. The fourth-order valence-corrected chi connectivity index (χ4v) is 2.18. The molecule has 0 spiro atoms. The van der Waals surface area contributed by atoms with Gasteiger partial charge in [-0.1, -0.05) is 12.1 Å². The molecule has 22 heavy (non-hydrogen) atoms. The third-order valence-corrected chi connectivity index (χ3v) is 3.01. The number of anilines is 1. The van der Waals surface area contributed by atoms with Gasteiger partial charge in [-0.05, 0) is 12.1 Å². The van der Waals surface area contributed by atoms with E-state index in [0.717, 1.165) is 19.2 Å². The third kappa shape index (κ3) is 3.55. The molecule has 2 rings (SSSR count). The van der Waals surface area contributed by atoms with Gasteiger partial charge in [0.15, 0.2) is 5.76 Å². The molecule has 0 saturated carbocycles. The summed E-state index contributed by atoms with van der Waals surface area (Å²) in [6.45, 7) is 1.07. The molecule has 7 nitrogen and oxygen atoms in total. The Morgan fingerprint density at radius 1 is 1.41 bits per heavy atom. The third-order valence-electron chi connectivity index (χ3n) is 2.45. The Morgan fingerprint density at radius 3 is 2.64 bits per heavy atom. The summed E-state index contributed by atoms with van der Waals surface area (Å²) in [6, 6.07) is 5.07. The lowest BCUT2D eigenvalue weighted by Gasteiger charge is -2.02. The van der Waals surface area contributed by atoms with Gasteiger partial charge >= 0.3 is 5.97 Å². The molecule has 0 saturated heterocycles. The number of furan rings is 1. The van der Waals surface area contributed by atoms with Crippen LogP contribution in [0.1, 0.15) is 6.92 Å². The van der Waals surface area contributed by atoms with E-state index in [0.29, 0.717) is 0 Å². The van der Waals surface area contributed by atoms with Crippen LogP contribution in [0.3, 0.4) is 0 Å². The molecule has 0 aliphatic heterocycles. The summed E-state index contributed by atoms with van der Waals surface area (Å²) < 4.78 is 47.8. The minimum Gasteiger partial charge on any atom is -0.502 e. The number of sulfonamides is 1. The lowest BCUT2D eigenvalue weighted by atomic mass is 10.1. The highest BCUT2D eigenvalue weighted by atomic mass is 32.2. The molecular weight excluding hydrogens is 317 g/mol. The maximum Gasteiger partial charge on any atom is 0.308 e. The van der Waals surface area contributed by atoms with E-state index in [1.807, 2.05) is 4.72 Å². The number of esters is 1. The van der Waals surface area contributed by atoms with Gasteiger partial charge in [-0.3, -0.25) is 9.52 Å². The van der Waals surface area contributed by atoms with Crippen LogP contribution < -0.4 is 9.46 Å². The maximum absolute atomic E-state index is 13.3. The molecule has 1 aromatic carbocycles. The van der Waals surface area contributed by atoms with Crippen molar-refractivity contribution in [2.45, 2.75) is 6.92 Å². The number of rotatable bonds is 4. The van der Waals surface area contributed by atoms with Gasteiger partial charge in [0.25, 0.3) is 5.88 Å². The second-order valence-corrected chi connectivity index (χ2v) is 6.16. The van der Waals surface area contributed by atoms with Crippen LogP contribution in [-0.2, 0) is 14.8 Å². The van der Waals surface area contributed by atoms with Crippen molar-refractivity contribution in [2.24, 2.45) is 0 Å². The Hall–Kier alpha value is -2.55. The minimum absolute atomic E-state index is 0.146. The van der Waals surface area contributed by atoms with Crippen LogP contribution in [0, 0.1) is 5.82 Å². The van der Waals surface area contributed by atoms with E-state index in [9.17, 15) is 22.7 Å². The van der Waals surface area contributed by atoms with E-state index < -0.39 is 39.2 Å². The van der Waals surface area contributed by atoms with Crippen LogP contribution in [0.2, 0.25) is 0 Å². The molecule has 1 heterocycles. The first kappa shape index (κ1) is 15.8. The first-order valence-corrected chi connectivity index (χ1v) is 7.84. The topological polar surface area (TPSA) is 106 Å². The van der Waals surface area contributed by atoms with Gasteiger partial charge in [0.1, 0.15) is 5.82 Å². The van der Waals surface area contributed by atoms with Crippen molar-refractivity contribution in [1.29, 1.82) is 0 Å². The molecule has 0 bridgehead atoms. The van der Waals surface area contributed by atoms with Crippen molar-refractivity contribution in [1.82, 2.24) is 0 Å². The van der Waals surface area contributed by atoms with Gasteiger partial charge in [-0.2, -0.15) is 0 Å². The summed E-state index contributed by atoms with van der Waals surface area (Å²) in [5.41, 5.74) is 0.146. The van der Waals surface area contributed by atoms with Gasteiger partial charge in [0, 0.05) is 12.5 Å². The molecule has 118 valence electrons. The van der Waals surface area contributed by atoms with E-state index in [1.165, 1.54) is 18.2 Å². The normalized spacial score (nSPS) is 11.2. The minimum atomic E-state index is -3.75. The van der Waals surface area contributed by atoms with Crippen LogP contribution in [-0.4, -0.2) is 25.7 Å². The maximum atomic E-state index is 13.3. The SMILES string of the molecule is CC(=O)Oc1c(NS(C)(=O)=O)oc(-c2cccc(F)c2)c1O. The molecule has 2 N–H and O–H groups in total. The van der Waals surface area contributed by atoms with Crippen molar-refractivity contribution in [3.8, 4) is 22.8 Å². The van der Waals surface area contributed by atoms with Gasteiger partial charge in [-0.25, -0.2) is 12.8 Å². The lowest BCUT2D eigenvalue weighted by Crippen LogP contribution is -2.11. The summed E-state index contributed by atoms with van der Waals surface area (Å²) in [5, 5.41) is 10.1. The molecule has 0 aliphatic carbocycles. The molecule has 0 amide bonds. The van der Waals surface area contributed by atoms with Crippen molar-refractivity contribution >= 4 is 21.9 Å². The fourth-order valence-electron chi connectivity index (χ4n) is 1.71. The van der Waals surface area contributed by atoms with E-state index in [-0.39, 0.29) is 11.3 Å². The summed E-state index contributed by atoms with van der Waals surface area (Å²) in [4.78, 5) is 11.1. The van der Waals surface area contributed by atoms with Crippen LogP contribution >= 0.6 is 0 Å². The Kier molecular flexibility index (Phi) is 4.09. The fraction of sp³-hybridized carbons (Fsp3) is 0.154. The number of ether oxygens (including phenoxy) is 1.